The molecule has 4 nitrogen and oxygen atoms in total. The molecule has 1 heterocycles. The second-order valence-electron chi connectivity index (χ2n) is 4.16. The first-order chi connectivity index (χ1) is 9.54. The molecule has 1 aromatic heterocycles. The molecule has 1 amide bonds. The van der Waals surface area contributed by atoms with E-state index in [0.717, 1.165) is 0 Å². The van der Waals surface area contributed by atoms with Crippen molar-refractivity contribution in [2.45, 2.75) is 19.6 Å². The summed E-state index contributed by atoms with van der Waals surface area (Å²) in [6, 6.07) is 7.64. The van der Waals surface area contributed by atoms with E-state index in [0.29, 0.717) is 10.2 Å². The van der Waals surface area contributed by atoms with Crippen LogP contribution in [-0.2, 0) is 11.3 Å². The Morgan fingerprint density at radius 2 is 2.30 bits per heavy atom. The standard InChI is InChI=1S/C14H13BrFNO3/c1-9(14(18)17-8-12-3-2-4-19-12)20-13-6-10(15)5-11(16)7-13/h2-7,9H,8H2,1H3,(H,17,18). The van der Waals surface area contributed by atoms with Crippen LogP contribution in [-0.4, -0.2) is 12.0 Å². The van der Waals surface area contributed by atoms with Gasteiger partial charge in [0.1, 0.15) is 17.3 Å². The predicted octanol–water partition coefficient (Wildman–Crippen LogP) is 3.26. The third-order valence-electron chi connectivity index (χ3n) is 2.54. The van der Waals surface area contributed by atoms with Crippen molar-refractivity contribution in [3.8, 4) is 5.75 Å². The molecule has 1 aromatic carbocycles. The number of carbonyl (C=O) groups is 1. The van der Waals surface area contributed by atoms with E-state index < -0.39 is 11.9 Å². The number of benzene rings is 1. The Balaban J connectivity index is 1.90. The number of amides is 1. The fraction of sp³-hybridized carbons (Fsp3) is 0.214. The van der Waals surface area contributed by atoms with Gasteiger partial charge >= 0.3 is 0 Å². The molecule has 0 spiro atoms. The van der Waals surface area contributed by atoms with E-state index in [1.54, 1.807) is 25.1 Å². The first-order valence-electron chi connectivity index (χ1n) is 5.97. The van der Waals surface area contributed by atoms with E-state index in [1.807, 2.05) is 0 Å². The van der Waals surface area contributed by atoms with Crippen LogP contribution in [0.3, 0.4) is 0 Å². The van der Waals surface area contributed by atoms with E-state index in [-0.39, 0.29) is 18.2 Å². The van der Waals surface area contributed by atoms with Crippen molar-refractivity contribution in [1.29, 1.82) is 0 Å². The van der Waals surface area contributed by atoms with Crippen molar-refractivity contribution in [3.05, 3.63) is 52.6 Å². The molecule has 2 aromatic rings. The van der Waals surface area contributed by atoms with Gasteiger partial charge in [-0.2, -0.15) is 0 Å². The molecule has 0 aliphatic carbocycles. The summed E-state index contributed by atoms with van der Waals surface area (Å²) in [5.74, 6) is 0.205. The number of hydrogen-bond acceptors (Lipinski definition) is 3. The van der Waals surface area contributed by atoms with Gasteiger partial charge in [0.15, 0.2) is 6.10 Å². The molecule has 2 rings (SSSR count). The van der Waals surface area contributed by atoms with Crippen molar-refractivity contribution < 1.29 is 18.3 Å². The SMILES string of the molecule is CC(Oc1cc(F)cc(Br)c1)C(=O)NCc1ccco1. The second kappa shape index (κ2) is 6.56. The Hall–Kier alpha value is -1.82. The minimum absolute atomic E-state index is 0.284. The lowest BCUT2D eigenvalue weighted by Crippen LogP contribution is -2.35. The summed E-state index contributed by atoms with van der Waals surface area (Å²) in [4.78, 5) is 11.8. The number of hydrogen-bond donors (Lipinski definition) is 1. The molecule has 0 radical (unpaired) electrons. The highest BCUT2D eigenvalue weighted by Crippen LogP contribution is 2.21. The molecule has 0 saturated heterocycles. The maximum Gasteiger partial charge on any atom is 0.261 e. The van der Waals surface area contributed by atoms with E-state index >= 15 is 0 Å². The maximum atomic E-state index is 13.2. The molecule has 106 valence electrons. The highest BCUT2D eigenvalue weighted by Gasteiger charge is 2.15. The molecule has 0 saturated carbocycles. The summed E-state index contributed by atoms with van der Waals surface area (Å²) in [6.45, 7) is 1.88. The molecule has 1 atom stereocenters. The number of halogens is 2. The third kappa shape index (κ3) is 4.09. The van der Waals surface area contributed by atoms with Crippen molar-refractivity contribution in [1.82, 2.24) is 5.32 Å². The van der Waals surface area contributed by atoms with Crippen LogP contribution < -0.4 is 10.1 Å². The smallest absolute Gasteiger partial charge is 0.261 e. The summed E-state index contributed by atoms with van der Waals surface area (Å²) in [6.07, 6.45) is 0.796. The van der Waals surface area contributed by atoms with Gasteiger partial charge in [-0.05, 0) is 31.2 Å². The summed E-state index contributed by atoms with van der Waals surface area (Å²) in [5, 5.41) is 2.67. The Morgan fingerprint density at radius 3 is 2.95 bits per heavy atom. The Labute approximate surface area is 124 Å². The van der Waals surface area contributed by atoms with Gasteiger partial charge in [0, 0.05) is 10.5 Å². The van der Waals surface area contributed by atoms with E-state index in [2.05, 4.69) is 21.2 Å². The van der Waals surface area contributed by atoms with Crippen molar-refractivity contribution in [2.75, 3.05) is 0 Å². The average Bonchev–Trinajstić information content (AvgIpc) is 2.87. The molecular formula is C14H13BrFNO3. The van der Waals surface area contributed by atoms with Crippen LogP contribution in [0, 0.1) is 5.82 Å². The van der Waals surface area contributed by atoms with Crippen molar-refractivity contribution in [3.63, 3.8) is 0 Å². The van der Waals surface area contributed by atoms with Gasteiger partial charge in [0.2, 0.25) is 0 Å². The van der Waals surface area contributed by atoms with Crippen molar-refractivity contribution >= 4 is 21.8 Å². The van der Waals surface area contributed by atoms with Crippen LogP contribution in [0.25, 0.3) is 0 Å². The molecular weight excluding hydrogens is 329 g/mol. The van der Waals surface area contributed by atoms with Gasteiger partial charge in [0.25, 0.3) is 5.91 Å². The Kier molecular flexibility index (Phi) is 4.79. The van der Waals surface area contributed by atoms with Gasteiger partial charge in [-0.15, -0.1) is 0 Å². The minimum atomic E-state index is -0.737. The predicted molar refractivity (Wildman–Crippen MR) is 74.7 cm³/mol. The molecule has 20 heavy (non-hydrogen) atoms. The number of furan rings is 1. The number of rotatable bonds is 5. The molecule has 6 heteroatoms. The quantitative estimate of drug-likeness (QED) is 0.907. The number of nitrogens with one attached hydrogen (secondary N) is 1. The van der Waals surface area contributed by atoms with Crippen LogP contribution >= 0.6 is 15.9 Å². The van der Waals surface area contributed by atoms with Gasteiger partial charge in [-0.1, -0.05) is 15.9 Å². The lowest BCUT2D eigenvalue weighted by molar-refractivity contribution is -0.127. The zero-order valence-electron chi connectivity index (χ0n) is 10.7. The van der Waals surface area contributed by atoms with E-state index in [4.69, 9.17) is 9.15 Å². The topological polar surface area (TPSA) is 51.5 Å². The molecule has 0 bridgehead atoms. The summed E-state index contributed by atoms with van der Waals surface area (Å²) < 4.78 is 24.2. The minimum Gasteiger partial charge on any atom is -0.481 e. The lowest BCUT2D eigenvalue weighted by atomic mass is 10.3. The zero-order valence-corrected chi connectivity index (χ0v) is 12.3. The molecule has 0 aliphatic heterocycles. The van der Waals surface area contributed by atoms with Crippen LogP contribution in [0.4, 0.5) is 4.39 Å². The van der Waals surface area contributed by atoms with Crippen LogP contribution in [0.5, 0.6) is 5.75 Å². The van der Waals surface area contributed by atoms with Gasteiger partial charge < -0.3 is 14.5 Å². The molecule has 1 N–H and O–H groups in total. The monoisotopic (exact) mass is 341 g/mol. The maximum absolute atomic E-state index is 13.2. The summed E-state index contributed by atoms with van der Waals surface area (Å²) >= 11 is 3.16. The molecule has 0 aliphatic rings. The summed E-state index contributed by atoms with van der Waals surface area (Å²) in [5.41, 5.74) is 0. The fourth-order valence-electron chi connectivity index (χ4n) is 1.59. The van der Waals surface area contributed by atoms with E-state index in [1.165, 1.54) is 18.4 Å². The first-order valence-corrected chi connectivity index (χ1v) is 6.77. The highest BCUT2D eigenvalue weighted by molar-refractivity contribution is 9.10. The second-order valence-corrected chi connectivity index (χ2v) is 5.08. The normalized spacial score (nSPS) is 11.9. The average molecular weight is 342 g/mol. The van der Waals surface area contributed by atoms with Crippen LogP contribution in [0.2, 0.25) is 0 Å². The van der Waals surface area contributed by atoms with Crippen LogP contribution in [0.1, 0.15) is 12.7 Å². The van der Waals surface area contributed by atoms with Crippen molar-refractivity contribution in [2.24, 2.45) is 0 Å². The zero-order chi connectivity index (χ0) is 14.5. The Morgan fingerprint density at radius 1 is 1.50 bits per heavy atom. The summed E-state index contributed by atoms with van der Waals surface area (Å²) in [7, 11) is 0. The molecule has 0 fully saturated rings. The largest absolute Gasteiger partial charge is 0.481 e. The van der Waals surface area contributed by atoms with E-state index in [9.17, 15) is 9.18 Å². The number of ether oxygens (including phenoxy) is 1. The lowest BCUT2D eigenvalue weighted by Gasteiger charge is -2.14. The molecule has 1 unspecified atom stereocenters. The fourth-order valence-corrected chi connectivity index (χ4v) is 2.03. The van der Waals surface area contributed by atoms with Gasteiger partial charge in [-0.3, -0.25) is 4.79 Å². The van der Waals surface area contributed by atoms with Crippen LogP contribution in [0.15, 0.2) is 45.5 Å². The first kappa shape index (κ1) is 14.6. The number of carbonyl (C=O) groups excluding carboxylic acids is 1. The van der Waals surface area contributed by atoms with Gasteiger partial charge in [0.05, 0.1) is 12.8 Å². The highest BCUT2D eigenvalue weighted by atomic mass is 79.9. The Bertz CT molecular complexity index is 566. The van der Waals surface area contributed by atoms with Gasteiger partial charge in [-0.25, -0.2) is 4.39 Å². The third-order valence-corrected chi connectivity index (χ3v) is 2.99.